The fourth-order valence-electron chi connectivity index (χ4n) is 8.67. The van der Waals surface area contributed by atoms with Crippen molar-refractivity contribution in [3.05, 3.63) is 225 Å². The molecule has 10 aromatic carbocycles. The predicted molar refractivity (Wildman–Crippen MR) is 246 cm³/mol. The lowest BCUT2D eigenvalue weighted by Crippen LogP contribution is -2.12. The standard InChI is InChI=1S/C55H37N3/c1-5-15-38(16-6-1)44-33-45(39-17-7-2-8-18-39)35-48(34-44)57(46-21-9-3-10-22-46)51-31-27-40-26-30-50-52(32-28-41-25-29-49(51)54(40)55(41)50)58(47-23-11-4-12-24-47)53-36-42-19-13-14-20-43(42)37-56-53/h1-37H. The molecule has 0 fully saturated rings. The van der Waals surface area contributed by atoms with E-state index in [2.05, 4.69) is 228 Å². The van der Waals surface area contributed by atoms with E-state index in [1.54, 1.807) is 0 Å². The Bertz CT molecular complexity index is 3160. The molecule has 0 aliphatic rings. The maximum absolute atomic E-state index is 5.05. The molecule has 0 saturated heterocycles. The number of hydrogen-bond acceptors (Lipinski definition) is 3. The molecule has 0 radical (unpaired) electrons. The SMILES string of the molecule is c1ccc(-c2cc(-c3ccccc3)cc(N(c3ccccc3)c3ccc4ccc5c(N(c6ccccc6)c6cc7ccccc7cn6)ccc6ccc3c4c65)c2)cc1. The Morgan fingerprint density at radius 1 is 0.293 bits per heavy atom. The van der Waals surface area contributed by atoms with Crippen molar-refractivity contribution >= 4 is 77.3 Å². The summed E-state index contributed by atoms with van der Waals surface area (Å²) in [6.07, 6.45) is 1.98. The molecule has 11 rings (SSSR count). The number of rotatable bonds is 8. The first-order chi connectivity index (χ1) is 28.8. The average Bonchev–Trinajstić information content (AvgIpc) is 3.30. The molecule has 0 N–H and O–H groups in total. The van der Waals surface area contributed by atoms with Gasteiger partial charge in [-0.25, -0.2) is 4.98 Å². The second-order valence-corrected chi connectivity index (χ2v) is 14.8. The van der Waals surface area contributed by atoms with Crippen LogP contribution in [0.2, 0.25) is 0 Å². The van der Waals surface area contributed by atoms with Crippen molar-refractivity contribution in [1.82, 2.24) is 4.98 Å². The van der Waals surface area contributed by atoms with Crippen molar-refractivity contribution in [1.29, 1.82) is 0 Å². The number of anilines is 6. The van der Waals surface area contributed by atoms with Crippen LogP contribution in [0.1, 0.15) is 0 Å². The number of nitrogens with zero attached hydrogens (tertiary/aromatic N) is 3. The Morgan fingerprint density at radius 3 is 1.29 bits per heavy atom. The molecule has 0 bridgehead atoms. The van der Waals surface area contributed by atoms with E-state index in [1.807, 2.05) is 6.20 Å². The van der Waals surface area contributed by atoms with Gasteiger partial charge in [-0.3, -0.25) is 4.90 Å². The van der Waals surface area contributed by atoms with Gasteiger partial charge in [-0.2, -0.15) is 0 Å². The summed E-state index contributed by atoms with van der Waals surface area (Å²) in [4.78, 5) is 9.78. The third-order valence-electron chi connectivity index (χ3n) is 11.4. The maximum atomic E-state index is 5.05. The Kier molecular flexibility index (Phi) is 8.15. The van der Waals surface area contributed by atoms with Crippen LogP contribution in [-0.2, 0) is 0 Å². The zero-order chi connectivity index (χ0) is 38.4. The van der Waals surface area contributed by atoms with Crippen LogP contribution in [0.4, 0.5) is 34.3 Å². The quantitative estimate of drug-likeness (QED) is 0.145. The molecule has 58 heavy (non-hydrogen) atoms. The van der Waals surface area contributed by atoms with Crippen molar-refractivity contribution in [2.45, 2.75) is 0 Å². The molecule has 0 amide bonds. The summed E-state index contributed by atoms with van der Waals surface area (Å²) < 4.78 is 0. The lowest BCUT2D eigenvalue weighted by Gasteiger charge is -2.29. The number of pyridine rings is 1. The molecule has 0 unspecified atom stereocenters. The minimum Gasteiger partial charge on any atom is -0.310 e. The number of hydrogen-bond donors (Lipinski definition) is 0. The Hall–Kier alpha value is -7.75. The van der Waals surface area contributed by atoms with E-state index >= 15 is 0 Å². The number of fused-ring (bicyclic) bond motifs is 1. The highest BCUT2D eigenvalue weighted by Gasteiger charge is 2.23. The zero-order valence-corrected chi connectivity index (χ0v) is 31.7. The summed E-state index contributed by atoms with van der Waals surface area (Å²) >= 11 is 0. The normalized spacial score (nSPS) is 11.4. The van der Waals surface area contributed by atoms with Crippen molar-refractivity contribution in [2.24, 2.45) is 0 Å². The predicted octanol–water partition coefficient (Wildman–Crippen LogP) is 15.4. The van der Waals surface area contributed by atoms with Crippen LogP contribution in [0, 0.1) is 0 Å². The van der Waals surface area contributed by atoms with Gasteiger partial charge in [0.05, 0.1) is 11.4 Å². The van der Waals surface area contributed by atoms with Gasteiger partial charge >= 0.3 is 0 Å². The monoisotopic (exact) mass is 739 g/mol. The van der Waals surface area contributed by atoms with Gasteiger partial charge in [-0.15, -0.1) is 0 Å². The minimum absolute atomic E-state index is 0.878. The van der Waals surface area contributed by atoms with Crippen molar-refractivity contribution in [2.75, 3.05) is 9.80 Å². The van der Waals surface area contributed by atoms with Gasteiger partial charge in [0.25, 0.3) is 0 Å². The smallest absolute Gasteiger partial charge is 0.138 e. The largest absolute Gasteiger partial charge is 0.310 e. The van der Waals surface area contributed by atoms with Crippen LogP contribution in [-0.4, -0.2) is 4.98 Å². The van der Waals surface area contributed by atoms with E-state index in [4.69, 9.17) is 4.98 Å². The Morgan fingerprint density at radius 2 is 0.741 bits per heavy atom. The number of aromatic nitrogens is 1. The minimum atomic E-state index is 0.878. The zero-order valence-electron chi connectivity index (χ0n) is 31.7. The van der Waals surface area contributed by atoms with E-state index in [1.165, 1.54) is 54.6 Å². The lowest BCUT2D eigenvalue weighted by atomic mass is 9.91. The van der Waals surface area contributed by atoms with Crippen LogP contribution in [0.15, 0.2) is 225 Å². The molecular formula is C55H37N3. The Balaban J connectivity index is 1.16. The fourth-order valence-corrected chi connectivity index (χ4v) is 8.67. The molecule has 1 aromatic heterocycles. The fraction of sp³-hybridized carbons (Fsp3) is 0. The van der Waals surface area contributed by atoms with Crippen LogP contribution in [0.25, 0.3) is 65.3 Å². The average molecular weight is 740 g/mol. The first-order valence-corrected chi connectivity index (χ1v) is 19.8. The number of benzene rings is 10. The molecule has 3 nitrogen and oxygen atoms in total. The first-order valence-electron chi connectivity index (χ1n) is 19.8. The molecule has 0 saturated carbocycles. The summed E-state index contributed by atoms with van der Waals surface area (Å²) in [5.41, 5.74) is 10.2. The van der Waals surface area contributed by atoms with Gasteiger partial charge < -0.3 is 4.90 Å². The van der Waals surface area contributed by atoms with Gasteiger partial charge in [0, 0.05) is 39.4 Å². The van der Waals surface area contributed by atoms with Crippen LogP contribution in [0.3, 0.4) is 0 Å². The molecular weight excluding hydrogens is 703 g/mol. The summed E-state index contributed by atoms with van der Waals surface area (Å²) in [6, 6.07) is 78.6. The molecule has 0 aliphatic heterocycles. The second-order valence-electron chi connectivity index (χ2n) is 14.8. The molecule has 3 heteroatoms. The van der Waals surface area contributed by atoms with Crippen LogP contribution < -0.4 is 9.80 Å². The van der Waals surface area contributed by atoms with Crippen LogP contribution in [0.5, 0.6) is 0 Å². The summed E-state index contributed by atoms with van der Waals surface area (Å²) in [7, 11) is 0. The van der Waals surface area contributed by atoms with Gasteiger partial charge in [0.15, 0.2) is 0 Å². The van der Waals surface area contributed by atoms with Gasteiger partial charge in [0.1, 0.15) is 5.82 Å². The second kappa shape index (κ2) is 14.1. The van der Waals surface area contributed by atoms with E-state index in [9.17, 15) is 0 Å². The third kappa shape index (κ3) is 5.80. The summed E-state index contributed by atoms with van der Waals surface area (Å²) in [5.74, 6) is 0.878. The topological polar surface area (TPSA) is 19.4 Å². The molecule has 0 spiro atoms. The van der Waals surface area contributed by atoms with E-state index < -0.39 is 0 Å². The number of para-hydroxylation sites is 2. The Labute approximate surface area is 337 Å². The van der Waals surface area contributed by atoms with Gasteiger partial charge in [-0.05, 0) is 110 Å². The highest BCUT2D eigenvalue weighted by Crippen LogP contribution is 2.48. The maximum Gasteiger partial charge on any atom is 0.138 e. The van der Waals surface area contributed by atoms with Crippen molar-refractivity contribution in [3.8, 4) is 22.3 Å². The van der Waals surface area contributed by atoms with E-state index in [0.29, 0.717) is 0 Å². The lowest BCUT2D eigenvalue weighted by molar-refractivity contribution is 1.20. The van der Waals surface area contributed by atoms with Crippen LogP contribution >= 0.6 is 0 Å². The molecule has 0 aliphatic carbocycles. The van der Waals surface area contributed by atoms with Crippen molar-refractivity contribution in [3.63, 3.8) is 0 Å². The van der Waals surface area contributed by atoms with E-state index in [0.717, 1.165) is 45.0 Å². The van der Waals surface area contributed by atoms with Gasteiger partial charge in [0.2, 0.25) is 0 Å². The molecule has 11 aromatic rings. The third-order valence-corrected chi connectivity index (χ3v) is 11.4. The van der Waals surface area contributed by atoms with Gasteiger partial charge in [-0.1, -0.05) is 158 Å². The van der Waals surface area contributed by atoms with Crippen molar-refractivity contribution < 1.29 is 0 Å². The summed E-state index contributed by atoms with van der Waals surface area (Å²) in [6.45, 7) is 0. The molecule has 1 heterocycles. The molecule has 0 atom stereocenters. The van der Waals surface area contributed by atoms with E-state index in [-0.39, 0.29) is 0 Å². The highest BCUT2D eigenvalue weighted by atomic mass is 15.2. The summed E-state index contributed by atoms with van der Waals surface area (Å²) in [5, 5.41) is 9.55. The molecule has 272 valence electrons. The highest BCUT2D eigenvalue weighted by molar-refractivity contribution is 6.28. The first kappa shape index (κ1) is 33.6.